The minimum atomic E-state index is -0.0927. The van der Waals surface area contributed by atoms with Gasteiger partial charge in [0.1, 0.15) is 5.76 Å². The third kappa shape index (κ3) is 4.94. The molecule has 0 radical (unpaired) electrons. The molecule has 1 aliphatic rings. The maximum Gasteiger partial charge on any atom is 0.234 e. The van der Waals surface area contributed by atoms with Crippen LogP contribution in [0.25, 0.3) is 0 Å². The van der Waals surface area contributed by atoms with Crippen LogP contribution in [0.3, 0.4) is 0 Å². The van der Waals surface area contributed by atoms with Crippen molar-refractivity contribution in [3.8, 4) is 0 Å². The molecule has 1 N–H and O–H groups in total. The minimum absolute atomic E-state index is 0.0521. The molecule has 0 unspecified atom stereocenters. The largest absolute Gasteiger partial charge is 0.467 e. The highest BCUT2D eigenvalue weighted by molar-refractivity contribution is 5.78. The minimum Gasteiger partial charge on any atom is -0.467 e. The van der Waals surface area contributed by atoms with Gasteiger partial charge in [-0.3, -0.25) is 14.6 Å². The van der Waals surface area contributed by atoms with Crippen LogP contribution in [-0.4, -0.2) is 48.4 Å². The maximum atomic E-state index is 12.2. The van der Waals surface area contributed by atoms with E-state index < -0.39 is 0 Å². The first-order valence-corrected chi connectivity index (χ1v) is 8.94. The SMILES string of the molecule is Cc1ccccc1CN1CCN(CC(=O)N[C@H](C)c2ccco2)CC1. The highest BCUT2D eigenvalue weighted by Crippen LogP contribution is 2.14. The van der Waals surface area contributed by atoms with Gasteiger partial charge in [0.05, 0.1) is 18.8 Å². The molecule has 5 nitrogen and oxygen atoms in total. The van der Waals surface area contributed by atoms with Crippen molar-refractivity contribution in [2.75, 3.05) is 32.7 Å². The summed E-state index contributed by atoms with van der Waals surface area (Å²) in [7, 11) is 0. The molecule has 1 amide bonds. The lowest BCUT2D eigenvalue weighted by molar-refractivity contribution is -0.123. The van der Waals surface area contributed by atoms with Gasteiger partial charge in [-0.2, -0.15) is 0 Å². The average Bonchev–Trinajstić information content (AvgIpc) is 3.13. The van der Waals surface area contributed by atoms with E-state index in [1.54, 1.807) is 6.26 Å². The molecule has 1 aromatic heterocycles. The van der Waals surface area contributed by atoms with Crippen LogP contribution in [0.5, 0.6) is 0 Å². The molecule has 0 aliphatic carbocycles. The van der Waals surface area contributed by atoms with Crippen molar-refractivity contribution in [3.05, 3.63) is 59.5 Å². The van der Waals surface area contributed by atoms with Gasteiger partial charge in [0, 0.05) is 32.7 Å². The fourth-order valence-corrected chi connectivity index (χ4v) is 3.23. The molecule has 2 aromatic rings. The quantitative estimate of drug-likeness (QED) is 0.877. The molecule has 1 aromatic carbocycles. The van der Waals surface area contributed by atoms with E-state index in [2.05, 4.69) is 46.3 Å². The van der Waals surface area contributed by atoms with E-state index in [1.807, 2.05) is 19.1 Å². The Morgan fingerprint density at radius 2 is 1.84 bits per heavy atom. The second-order valence-corrected chi connectivity index (χ2v) is 6.78. The van der Waals surface area contributed by atoms with Crippen LogP contribution in [0.4, 0.5) is 0 Å². The fraction of sp³-hybridized carbons (Fsp3) is 0.450. The molecule has 0 spiro atoms. The smallest absolute Gasteiger partial charge is 0.234 e. The van der Waals surface area contributed by atoms with E-state index in [0.717, 1.165) is 38.5 Å². The van der Waals surface area contributed by atoms with Crippen LogP contribution < -0.4 is 5.32 Å². The summed E-state index contributed by atoms with van der Waals surface area (Å²) < 4.78 is 5.33. The van der Waals surface area contributed by atoms with Crippen LogP contribution in [0.15, 0.2) is 47.1 Å². The Labute approximate surface area is 149 Å². The Kier molecular flexibility index (Phi) is 5.89. The van der Waals surface area contributed by atoms with Crippen molar-refractivity contribution in [2.45, 2.75) is 26.4 Å². The Morgan fingerprint density at radius 1 is 1.12 bits per heavy atom. The van der Waals surface area contributed by atoms with Crippen LogP contribution in [0.2, 0.25) is 0 Å². The molecule has 25 heavy (non-hydrogen) atoms. The molecule has 5 heteroatoms. The van der Waals surface area contributed by atoms with Crippen LogP contribution >= 0.6 is 0 Å². The van der Waals surface area contributed by atoms with Gasteiger partial charge in [0.15, 0.2) is 0 Å². The Balaban J connectivity index is 1.41. The van der Waals surface area contributed by atoms with Gasteiger partial charge < -0.3 is 9.73 Å². The van der Waals surface area contributed by atoms with Gasteiger partial charge >= 0.3 is 0 Å². The van der Waals surface area contributed by atoms with Crippen LogP contribution in [-0.2, 0) is 11.3 Å². The highest BCUT2D eigenvalue weighted by atomic mass is 16.3. The number of aryl methyl sites for hydroxylation is 1. The standard InChI is InChI=1S/C20H27N3O2/c1-16-6-3-4-7-18(16)14-22-9-11-23(12-10-22)15-20(24)21-17(2)19-8-5-13-25-19/h3-8,13,17H,9-12,14-15H2,1-2H3,(H,21,24)/t17-/m1/s1. The van der Waals surface area contributed by atoms with E-state index in [9.17, 15) is 4.79 Å². The summed E-state index contributed by atoms with van der Waals surface area (Å²) in [6.45, 7) is 9.38. The topological polar surface area (TPSA) is 48.7 Å². The van der Waals surface area contributed by atoms with Crippen molar-refractivity contribution in [2.24, 2.45) is 0 Å². The van der Waals surface area contributed by atoms with Gasteiger partial charge in [0.25, 0.3) is 0 Å². The van der Waals surface area contributed by atoms with Crippen LogP contribution in [0, 0.1) is 6.92 Å². The Hall–Kier alpha value is -2.11. The van der Waals surface area contributed by atoms with Crippen LogP contribution in [0.1, 0.15) is 29.9 Å². The summed E-state index contributed by atoms with van der Waals surface area (Å²) in [5.74, 6) is 0.840. The molecular weight excluding hydrogens is 314 g/mol. The van der Waals surface area contributed by atoms with Crippen molar-refractivity contribution < 1.29 is 9.21 Å². The predicted molar refractivity (Wildman–Crippen MR) is 98.2 cm³/mol. The van der Waals surface area contributed by atoms with Crippen molar-refractivity contribution in [1.82, 2.24) is 15.1 Å². The summed E-state index contributed by atoms with van der Waals surface area (Å²) in [6.07, 6.45) is 1.63. The Morgan fingerprint density at radius 3 is 2.52 bits per heavy atom. The first-order chi connectivity index (χ1) is 12.1. The number of rotatable bonds is 6. The van der Waals surface area contributed by atoms with Gasteiger partial charge in [-0.25, -0.2) is 0 Å². The lowest BCUT2D eigenvalue weighted by Crippen LogP contribution is -2.49. The number of benzene rings is 1. The molecule has 134 valence electrons. The first-order valence-electron chi connectivity index (χ1n) is 8.94. The third-order valence-corrected chi connectivity index (χ3v) is 4.83. The zero-order chi connectivity index (χ0) is 17.6. The zero-order valence-corrected chi connectivity index (χ0v) is 15.1. The van der Waals surface area contributed by atoms with Crippen molar-refractivity contribution in [1.29, 1.82) is 0 Å². The number of amides is 1. The first kappa shape index (κ1) is 17.7. The molecule has 3 rings (SSSR count). The maximum absolute atomic E-state index is 12.2. The molecule has 1 fully saturated rings. The summed E-state index contributed by atoms with van der Waals surface area (Å²) >= 11 is 0. The molecule has 2 heterocycles. The molecule has 1 saturated heterocycles. The summed E-state index contributed by atoms with van der Waals surface area (Å²) in [6, 6.07) is 12.2. The van der Waals surface area contributed by atoms with Gasteiger partial charge in [-0.15, -0.1) is 0 Å². The number of carbonyl (C=O) groups excluding carboxylic acids is 1. The monoisotopic (exact) mass is 341 g/mol. The zero-order valence-electron chi connectivity index (χ0n) is 15.1. The summed E-state index contributed by atoms with van der Waals surface area (Å²) in [4.78, 5) is 16.9. The molecule has 0 bridgehead atoms. The van der Waals surface area contributed by atoms with Gasteiger partial charge in [0.2, 0.25) is 5.91 Å². The van der Waals surface area contributed by atoms with Gasteiger partial charge in [-0.1, -0.05) is 24.3 Å². The molecule has 1 aliphatic heterocycles. The predicted octanol–water partition coefficient (Wildman–Crippen LogP) is 2.58. The van der Waals surface area contributed by atoms with Gasteiger partial charge in [-0.05, 0) is 37.1 Å². The van der Waals surface area contributed by atoms with E-state index in [-0.39, 0.29) is 11.9 Å². The van der Waals surface area contributed by atoms with E-state index >= 15 is 0 Å². The average molecular weight is 341 g/mol. The summed E-state index contributed by atoms with van der Waals surface area (Å²) in [5, 5.41) is 3.00. The normalized spacial score (nSPS) is 17.4. The second-order valence-electron chi connectivity index (χ2n) is 6.78. The number of hydrogen-bond donors (Lipinski definition) is 1. The second kappa shape index (κ2) is 8.32. The fourth-order valence-electron chi connectivity index (χ4n) is 3.23. The van der Waals surface area contributed by atoms with Crippen molar-refractivity contribution >= 4 is 5.91 Å². The number of nitrogens with one attached hydrogen (secondary N) is 1. The molecular formula is C20H27N3O2. The third-order valence-electron chi connectivity index (χ3n) is 4.83. The highest BCUT2D eigenvalue weighted by Gasteiger charge is 2.20. The van der Waals surface area contributed by atoms with E-state index in [0.29, 0.717) is 6.54 Å². The summed E-state index contributed by atoms with van der Waals surface area (Å²) in [5.41, 5.74) is 2.73. The number of furan rings is 1. The van der Waals surface area contributed by atoms with E-state index in [4.69, 9.17) is 4.42 Å². The lowest BCUT2D eigenvalue weighted by Gasteiger charge is -2.34. The number of piperazine rings is 1. The van der Waals surface area contributed by atoms with Crippen molar-refractivity contribution in [3.63, 3.8) is 0 Å². The lowest BCUT2D eigenvalue weighted by atomic mass is 10.1. The Bertz CT molecular complexity index is 676. The van der Waals surface area contributed by atoms with E-state index in [1.165, 1.54) is 11.1 Å². The molecule has 1 atom stereocenters. The number of nitrogens with zero attached hydrogens (tertiary/aromatic N) is 2. The number of carbonyl (C=O) groups is 1. The molecule has 0 saturated carbocycles. The number of hydrogen-bond acceptors (Lipinski definition) is 4.